The zero-order valence-corrected chi connectivity index (χ0v) is 13.7. The van der Waals surface area contributed by atoms with Crippen molar-refractivity contribution >= 4 is 12.0 Å². The first-order valence-electron chi connectivity index (χ1n) is 8.13. The maximum Gasteiger partial charge on any atom is 0.408 e. The number of nitrogens with zero attached hydrogens (tertiary/aromatic N) is 1. The van der Waals surface area contributed by atoms with Crippen molar-refractivity contribution in [3.8, 4) is 5.75 Å². The quantitative estimate of drug-likeness (QED) is 0.875. The third kappa shape index (κ3) is 3.74. The molecule has 1 aliphatic rings. The summed E-state index contributed by atoms with van der Waals surface area (Å²) in [6.45, 7) is 0.467. The molecule has 3 rings (SSSR count). The van der Waals surface area contributed by atoms with Gasteiger partial charge in [0, 0.05) is 0 Å². The van der Waals surface area contributed by atoms with E-state index in [4.69, 9.17) is 10.5 Å². The average molecular weight is 340 g/mol. The smallest absolute Gasteiger partial charge is 0.408 e. The molecule has 0 bridgehead atoms. The molecule has 0 aromatic heterocycles. The number of amides is 2. The molecule has 6 nitrogen and oxygen atoms in total. The van der Waals surface area contributed by atoms with Crippen molar-refractivity contribution in [2.45, 2.75) is 31.5 Å². The standard InChI is InChI=1S/C19H20N2O4/c20-18(22)17-11-10-16(21(17)19(23)24)14-6-8-15(9-7-14)25-12-13-4-2-1-3-5-13/h1-9,16-17H,10-12H2,(H2,20,22)(H,23,24)/t16-,17+/m0/s1. The van der Waals surface area contributed by atoms with Gasteiger partial charge in [0.05, 0.1) is 6.04 Å². The lowest BCUT2D eigenvalue weighted by Crippen LogP contribution is -2.44. The van der Waals surface area contributed by atoms with E-state index in [2.05, 4.69) is 0 Å². The van der Waals surface area contributed by atoms with Gasteiger partial charge in [0.2, 0.25) is 5.91 Å². The number of ether oxygens (including phenoxy) is 1. The molecule has 130 valence electrons. The number of hydrogen-bond donors (Lipinski definition) is 2. The summed E-state index contributed by atoms with van der Waals surface area (Å²) in [6.07, 6.45) is -0.112. The fourth-order valence-electron chi connectivity index (χ4n) is 3.21. The van der Waals surface area contributed by atoms with Crippen LogP contribution in [-0.2, 0) is 11.4 Å². The van der Waals surface area contributed by atoms with Gasteiger partial charge in [-0.1, -0.05) is 42.5 Å². The Balaban J connectivity index is 1.69. The van der Waals surface area contributed by atoms with Crippen LogP contribution in [0.2, 0.25) is 0 Å². The van der Waals surface area contributed by atoms with Gasteiger partial charge < -0.3 is 15.6 Å². The van der Waals surface area contributed by atoms with E-state index >= 15 is 0 Å². The molecule has 6 heteroatoms. The van der Waals surface area contributed by atoms with Gasteiger partial charge in [-0.25, -0.2) is 4.79 Å². The molecule has 2 aromatic rings. The SMILES string of the molecule is NC(=O)[C@H]1CC[C@@H](c2ccc(OCc3ccccc3)cc2)N1C(=O)O. The van der Waals surface area contributed by atoms with Crippen LogP contribution in [0.15, 0.2) is 54.6 Å². The number of primary amides is 1. The van der Waals surface area contributed by atoms with Crippen LogP contribution in [-0.4, -0.2) is 28.0 Å². The Morgan fingerprint density at radius 1 is 1.08 bits per heavy atom. The average Bonchev–Trinajstić information content (AvgIpc) is 3.07. The first kappa shape index (κ1) is 16.8. The van der Waals surface area contributed by atoms with Crippen LogP contribution < -0.4 is 10.5 Å². The highest BCUT2D eigenvalue weighted by Crippen LogP contribution is 2.36. The lowest BCUT2D eigenvalue weighted by molar-refractivity contribution is -0.122. The number of nitrogens with two attached hydrogens (primary N) is 1. The molecule has 2 aromatic carbocycles. The van der Waals surface area contributed by atoms with E-state index < -0.39 is 18.0 Å². The van der Waals surface area contributed by atoms with Crippen LogP contribution in [0, 0.1) is 0 Å². The molecule has 25 heavy (non-hydrogen) atoms. The van der Waals surface area contributed by atoms with Gasteiger partial charge in [-0.3, -0.25) is 9.69 Å². The van der Waals surface area contributed by atoms with Crippen LogP contribution in [0.5, 0.6) is 5.75 Å². The number of carbonyl (C=O) groups is 2. The third-order valence-corrected chi connectivity index (χ3v) is 4.45. The summed E-state index contributed by atoms with van der Waals surface area (Å²) < 4.78 is 5.74. The summed E-state index contributed by atoms with van der Waals surface area (Å²) in [5.74, 6) is 0.103. The fourth-order valence-corrected chi connectivity index (χ4v) is 3.21. The summed E-state index contributed by atoms with van der Waals surface area (Å²) in [6, 6.07) is 16.0. The Morgan fingerprint density at radius 2 is 1.76 bits per heavy atom. The molecule has 0 radical (unpaired) electrons. The Kier molecular flexibility index (Phi) is 4.88. The van der Waals surface area contributed by atoms with E-state index in [1.54, 1.807) is 0 Å². The van der Waals surface area contributed by atoms with E-state index in [1.807, 2.05) is 54.6 Å². The van der Waals surface area contributed by atoms with E-state index in [9.17, 15) is 14.7 Å². The molecule has 0 unspecified atom stereocenters. The normalized spacial score (nSPS) is 19.6. The predicted molar refractivity (Wildman–Crippen MR) is 92.0 cm³/mol. The Morgan fingerprint density at radius 3 is 2.36 bits per heavy atom. The summed E-state index contributed by atoms with van der Waals surface area (Å²) in [5, 5.41) is 9.42. The summed E-state index contributed by atoms with van der Waals surface area (Å²) in [7, 11) is 0. The first-order chi connectivity index (χ1) is 12.1. The van der Waals surface area contributed by atoms with Crippen molar-refractivity contribution in [2.75, 3.05) is 0 Å². The van der Waals surface area contributed by atoms with E-state index in [1.165, 1.54) is 0 Å². The molecule has 1 aliphatic heterocycles. The highest BCUT2D eigenvalue weighted by Gasteiger charge is 2.40. The summed E-state index contributed by atoms with van der Waals surface area (Å²) >= 11 is 0. The van der Waals surface area contributed by atoms with Gasteiger partial charge in [0.1, 0.15) is 18.4 Å². The Labute approximate surface area is 145 Å². The van der Waals surface area contributed by atoms with E-state index in [0.29, 0.717) is 25.2 Å². The van der Waals surface area contributed by atoms with Crippen molar-refractivity contribution in [1.82, 2.24) is 4.90 Å². The number of hydrogen-bond acceptors (Lipinski definition) is 3. The second kappa shape index (κ2) is 7.25. The molecular weight excluding hydrogens is 320 g/mol. The zero-order valence-electron chi connectivity index (χ0n) is 13.7. The van der Waals surface area contributed by atoms with Crippen LogP contribution in [0.4, 0.5) is 4.79 Å². The molecule has 3 N–H and O–H groups in total. The lowest BCUT2D eigenvalue weighted by Gasteiger charge is -2.26. The topological polar surface area (TPSA) is 92.9 Å². The van der Waals surface area contributed by atoms with Crippen LogP contribution in [0.3, 0.4) is 0 Å². The first-order valence-corrected chi connectivity index (χ1v) is 8.13. The van der Waals surface area contributed by atoms with Crippen LogP contribution in [0.25, 0.3) is 0 Å². The minimum Gasteiger partial charge on any atom is -0.489 e. The molecule has 1 heterocycles. The fraction of sp³-hybridized carbons (Fsp3) is 0.263. The number of rotatable bonds is 5. The molecule has 0 saturated carbocycles. The molecule has 0 aliphatic carbocycles. The van der Waals surface area contributed by atoms with Gasteiger partial charge in [-0.2, -0.15) is 0 Å². The minimum atomic E-state index is -1.13. The van der Waals surface area contributed by atoms with Crippen molar-refractivity contribution in [3.63, 3.8) is 0 Å². The van der Waals surface area contributed by atoms with Gasteiger partial charge in [-0.05, 0) is 36.1 Å². The number of carboxylic acid groups (broad SMARTS) is 1. The number of benzene rings is 2. The van der Waals surface area contributed by atoms with E-state index in [0.717, 1.165) is 16.0 Å². The number of likely N-dealkylation sites (tertiary alicyclic amines) is 1. The molecule has 2 atom stereocenters. The molecule has 2 amide bonds. The maximum atomic E-state index is 11.5. The predicted octanol–water partition coefficient (Wildman–Crippen LogP) is 2.93. The molecule has 1 fully saturated rings. The van der Waals surface area contributed by atoms with Crippen molar-refractivity contribution in [2.24, 2.45) is 5.73 Å². The minimum absolute atomic E-state index is 0.363. The van der Waals surface area contributed by atoms with Crippen molar-refractivity contribution in [3.05, 3.63) is 65.7 Å². The summed E-state index contributed by atoms with van der Waals surface area (Å²) in [4.78, 5) is 24.1. The second-order valence-electron chi connectivity index (χ2n) is 6.04. The largest absolute Gasteiger partial charge is 0.489 e. The van der Waals surface area contributed by atoms with Gasteiger partial charge in [0.15, 0.2) is 0 Å². The monoisotopic (exact) mass is 340 g/mol. The van der Waals surface area contributed by atoms with Gasteiger partial charge in [0.25, 0.3) is 0 Å². The van der Waals surface area contributed by atoms with Crippen molar-refractivity contribution in [1.29, 1.82) is 0 Å². The van der Waals surface area contributed by atoms with Crippen LogP contribution in [0.1, 0.15) is 30.0 Å². The van der Waals surface area contributed by atoms with Crippen LogP contribution >= 0.6 is 0 Å². The van der Waals surface area contributed by atoms with Gasteiger partial charge >= 0.3 is 6.09 Å². The lowest BCUT2D eigenvalue weighted by atomic mass is 10.0. The molecule has 0 spiro atoms. The van der Waals surface area contributed by atoms with Crippen molar-refractivity contribution < 1.29 is 19.4 Å². The molecular formula is C19H20N2O4. The summed E-state index contributed by atoms with van der Waals surface area (Å²) in [5.41, 5.74) is 7.23. The number of carbonyl (C=O) groups excluding carboxylic acids is 1. The Bertz CT molecular complexity index is 746. The second-order valence-corrected chi connectivity index (χ2v) is 6.04. The zero-order chi connectivity index (χ0) is 17.8. The highest BCUT2D eigenvalue weighted by atomic mass is 16.5. The highest BCUT2D eigenvalue weighted by molar-refractivity contribution is 5.84. The molecule has 1 saturated heterocycles. The van der Waals surface area contributed by atoms with E-state index in [-0.39, 0.29) is 6.04 Å². The third-order valence-electron chi connectivity index (χ3n) is 4.45. The maximum absolute atomic E-state index is 11.5. The van der Waals surface area contributed by atoms with Gasteiger partial charge in [-0.15, -0.1) is 0 Å². The Hall–Kier alpha value is -3.02.